The third-order valence-corrected chi connectivity index (χ3v) is 1.85. The zero-order valence-electron chi connectivity index (χ0n) is 7.65. The molecule has 0 aliphatic rings. The lowest BCUT2D eigenvalue weighted by molar-refractivity contribution is 0.562. The van der Waals surface area contributed by atoms with Crippen LogP contribution in [0.3, 0.4) is 0 Å². The zero-order chi connectivity index (χ0) is 10.4. The van der Waals surface area contributed by atoms with Crippen LogP contribution in [-0.2, 0) is 16.1 Å². The van der Waals surface area contributed by atoms with Crippen molar-refractivity contribution in [3.63, 3.8) is 0 Å². The maximum Gasteiger partial charge on any atom is 0.240 e. The molecule has 0 bridgehead atoms. The fourth-order valence-electron chi connectivity index (χ4n) is 1.16. The van der Waals surface area contributed by atoms with Gasteiger partial charge in [0.2, 0.25) is 12.2 Å². The summed E-state index contributed by atoms with van der Waals surface area (Å²) in [6, 6.07) is 5.31. The van der Waals surface area contributed by atoms with Gasteiger partial charge in [0.25, 0.3) is 0 Å². The number of benzene rings is 1. The molecule has 0 spiro atoms. The molecule has 0 radical (unpaired) electrons. The van der Waals surface area contributed by atoms with Crippen LogP contribution >= 0.6 is 0 Å². The summed E-state index contributed by atoms with van der Waals surface area (Å²) in [6.45, 7) is 2.05. The number of isocyanates is 2. The Kier molecular flexibility index (Phi) is 3.50. The number of rotatable bonds is 3. The van der Waals surface area contributed by atoms with Gasteiger partial charge in [-0.05, 0) is 18.6 Å². The second kappa shape index (κ2) is 4.87. The van der Waals surface area contributed by atoms with E-state index in [0.717, 1.165) is 11.1 Å². The van der Waals surface area contributed by atoms with E-state index in [1.165, 1.54) is 12.2 Å². The maximum atomic E-state index is 10.1. The van der Waals surface area contributed by atoms with Crippen LogP contribution in [-0.4, -0.2) is 12.2 Å². The molecule has 70 valence electrons. The van der Waals surface area contributed by atoms with Crippen LogP contribution in [0.1, 0.15) is 11.1 Å². The van der Waals surface area contributed by atoms with Crippen molar-refractivity contribution in [3.05, 3.63) is 29.3 Å². The first kappa shape index (κ1) is 10.1. The average Bonchev–Trinajstić information content (AvgIpc) is 2.18. The predicted molar refractivity (Wildman–Crippen MR) is 50.8 cm³/mol. The number of aryl methyl sites for hydroxylation is 1. The van der Waals surface area contributed by atoms with E-state index in [1.807, 2.05) is 13.0 Å². The van der Waals surface area contributed by atoms with Crippen LogP contribution < -0.4 is 0 Å². The Morgan fingerprint density at radius 3 is 2.71 bits per heavy atom. The van der Waals surface area contributed by atoms with Crippen LogP contribution in [0.15, 0.2) is 28.2 Å². The highest BCUT2D eigenvalue weighted by atomic mass is 16.1. The summed E-state index contributed by atoms with van der Waals surface area (Å²) < 4.78 is 0. The molecule has 0 saturated carbocycles. The summed E-state index contributed by atoms with van der Waals surface area (Å²) in [6.07, 6.45) is 2.91. The molecule has 0 fully saturated rings. The first-order valence-electron chi connectivity index (χ1n) is 3.99. The van der Waals surface area contributed by atoms with Crippen molar-refractivity contribution in [1.29, 1.82) is 0 Å². The molecule has 0 atom stereocenters. The van der Waals surface area contributed by atoms with Crippen molar-refractivity contribution in [2.24, 2.45) is 9.98 Å². The van der Waals surface area contributed by atoms with Gasteiger partial charge in [-0.1, -0.05) is 12.1 Å². The largest absolute Gasteiger partial charge is 0.240 e. The molecule has 0 saturated heterocycles. The van der Waals surface area contributed by atoms with Crippen molar-refractivity contribution in [2.75, 3.05) is 0 Å². The minimum absolute atomic E-state index is 0.191. The van der Waals surface area contributed by atoms with Gasteiger partial charge in [0.05, 0.1) is 12.2 Å². The van der Waals surface area contributed by atoms with Crippen LogP contribution in [0.2, 0.25) is 0 Å². The summed E-state index contributed by atoms with van der Waals surface area (Å²) >= 11 is 0. The summed E-state index contributed by atoms with van der Waals surface area (Å²) in [4.78, 5) is 27.0. The van der Waals surface area contributed by atoms with Gasteiger partial charge in [0.1, 0.15) is 0 Å². The van der Waals surface area contributed by atoms with E-state index in [2.05, 4.69) is 9.98 Å². The Balaban J connectivity index is 3.20. The van der Waals surface area contributed by atoms with E-state index in [-0.39, 0.29) is 6.54 Å². The lowest BCUT2D eigenvalue weighted by Crippen LogP contribution is -1.87. The Morgan fingerprint density at radius 1 is 1.29 bits per heavy atom. The molecule has 4 nitrogen and oxygen atoms in total. The smallest absolute Gasteiger partial charge is 0.211 e. The summed E-state index contributed by atoms with van der Waals surface area (Å²) in [5, 5.41) is 0. The molecule has 1 aromatic rings. The normalized spacial score (nSPS) is 8.64. The van der Waals surface area contributed by atoms with Crippen LogP contribution in [0.5, 0.6) is 0 Å². The molecular weight excluding hydrogens is 180 g/mol. The highest BCUT2D eigenvalue weighted by Crippen LogP contribution is 2.22. The number of hydrogen-bond acceptors (Lipinski definition) is 4. The number of carbonyl (C=O) groups excluding carboxylic acids is 2. The molecule has 0 unspecified atom stereocenters. The van der Waals surface area contributed by atoms with Gasteiger partial charge in [0.15, 0.2) is 0 Å². The standard InChI is InChI=1S/C10H8N2O2/c1-8-3-2-4-10(12-7-14)9(8)5-11-6-13/h2-4H,5H2,1H3. The van der Waals surface area contributed by atoms with Gasteiger partial charge in [-0.2, -0.15) is 4.99 Å². The molecule has 0 heterocycles. The van der Waals surface area contributed by atoms with Crippen molar-refractivity contribution in [1.82, 2.24) is 0 Å². The van der Waals surface area contributed by atoms with Crippen LogP contribution in [0.4, 0.5) is 5.69 Å². The van der Waals surface area contributed by atoms with Gasteiger partial charge in [-0.3, -0.25) is 0 Å². The monoisotopic (exact) mass is 188 g/mol. The average molecular weight is 188 g/mol. The summed E-state index contributed by atoms with van der Waals surface area (Å²) in [7, 11) is 0. The zero-order valence-corrected chi connectivity index (χ0v) is 7.65. The van der Waals surface area contributed by atoms with E-state index in [1.54, 1.807) is 12.1 Å². The molecule has 0 N–H and O–H groups in total. The highest BCUT2D eigenvalue weighted by Gasteiger charge is 2.03. The van der Waals surface area contributed by atoms with Crippen LogP contribution in [0, 0.1) is 6.92 Å². The third-order valence-electron chi connectivity index (χ3n) is 1.85. The maximum absolute atomic E-state index is 10.1. The highest BCUT2D eigenvalue weighted by molar-refractivity contribution is 5.56. The second-order valence-corrected chi connectivity index (χ2v) is 2.68. The fraction of sp³-hybridized carbons (Fsp3) is 0.200. The third kappa shape index (κ3) is 2.23. The molecule has 0 aliphatic carbocycles. The van der Waals surface area contributed by atoms with Gasteiger partial charge >= 0.3 is 0 Å². The topological polar surface area (TPSA) is 58.9 Å². The Bertz CT molecular complexity index is 428. The van der Waals surface area contributed by atoms with Crippen molar-refractivity contribution < 1.29 is 9.59 Å². The fourth-order valence-corrected chi connectivity index (χ4v) is 1.16. The lowest BCUT2D eigenvalue weighted by Gasteiger charge is -2.03. The van der Waals surface area contributed by atoms with Gasteiger partial charge in [-0.15, -0.1) is 0 Å². The lowest BCUT2D eigenvalue weighted by atomic mass is 10.1. The SMILES string of the molecule is Cc1cccc(N=C=O)c1CN=C=O. The molecule has 1 rings (SSSR count). The molecule has 0 aliphatic heterocycles. The summed E-state index contributed by atoms with van der Waals surface area (Å²) in [5.74, 6) is 0. The second-order valence-electron chi connectivity index (χ2n) is 2.68. The van der Waals surface area contributed by atoms with Gasteiger partial charge in [0, 0.05) is 5.56 Å². The van der Waals surface area contributed by atoms with Gasteiger partial charge in [-0.25, -0.2) is 14.6 Å². The quantitative estimate of drug-likeness (QED) is 0.536. The van der Waals surface area contributed by atoms with E-state index in [0.29, 0.717) is 5.69 Å². The molecule has 4 heteroatoms. The van der Waals surface area contributed by atoms with E-state index < -0.39 is 0 Å². The number of hydrogen-bond donors (Lipinski definition) is 0. The first-order valence-corrected chi connectivity index (χ1v) is 3.99. The number of nitrogens with zero attached hydrogens (tertiary/aromatic N) is 2. The first-order chi connectivity index (χ1) is 6.79. The van der Waals surface area contributed by atoms with Crippen LogP contribution in [0.25, 0.3) is 0 Å². The Labute approximate surface area is 81.0 Å². The predicted octanol–water partition coefficient (Wildman–Crippen LogP) is 1.80. The molecule has 0 amide bonds. The van der Waals surface area contributed by atoms with Gasteiger partial charge < -0.3 is 0 Å². The van der Waals surface area contributed by atoms with E-state index in [4.69, 9.17) is 0 Å². The number of aliphatic imine (C=N–C) groups is 2. The van der Waals surface area contributed by atoms with E-state index >= 15 is 0 Å². The minimum Gasteiger partial charge on any atom is -0.211 e. The molecule has 14 heavy (non-hydrogen) atoms. The van der Waals surface area contributed by atoms with Crippen molar-refractivity contribution in [3.8, 4) is 0 Å². The van der Waals surface area contributed by atoms with E-state index in [9.17, 15) is 9.59 Å². The molecule has 0 aromatic heterocycles. The van der Waals surface area contributed by atoms with Crippen molar-refractivity contribution >= 4 is 17.8 Å². The van der Waals surface area contributed by atoms with Crippen molar-refractivity contribution in [2.45, 2.75) is 13.5 Å². The molecule has 1 aromatic carbocycles. The minimum atomic E-state index is 0.191. The molecular formula is C10H8N2O2. The Hall–Kier alpha value is -2.02. The Morgan fingerprint density at radius 2 is 2.07 bits per heavy atom. The summed E-state index contributed by atoms with van der Waals surface area (Å²) in [5.41, 5.74) is 2.18.